The van der Waals surface area contributed by atoms with Crippen LogP contribution in [0.1, 0.15) is 19.4 Å². The van der Waals surface area contributed by atoms with Gasteiger partial charge < -0.3 is 14.9 Å². The summed E-state index contributed by atoms with van der Waals surface area (Å²) in [6, 6.07) is 6.82. The van der Waals surface area contributed by atoms with E-state index < -0.39 is 12.4 Å². The van der Waals surface area contributed by atoms with Crippen LogP contribution in [0.15, 0.2) is 24.3 Å². The molecule has 0 saturated heterocycles. The molecule has 0 bridgehead atoms. The molecule has 0 spiro atoms. The highest BCUT2D eigenvalue weighted by molar-refractivity contribution is 5.84. The van der Waals surface area contributed by atoms with E-state index in [1.807, 2.05) is 0 Å². The molecule has 0 amide bonds. The minimum atomic E-state index is -0.937. The largest absolute Gasteiger partial charge is 0.465 e. The van der Waals surface area contributed by atoms with Crippen LogP contribution in [0.3, 0.4) is 0 Å². The molecule has 2 N–H and O–H groups in total. The number of ether oxygens (including phenoxy) is 1. The quantitative estimate of drug-likeness (QED) is 0.729. The van der Waals surface area contributed by atoms with Crippen LogP contribution >= 0.6 is 0 Å². The minimum absolute atomic E-state index is 0.201. The summed E-state index contributed by atoms with van der Waals surface area (Å²) in [5, 5.41) is 18.0. The van der Waals surface area contributed by atoms with Crippen LogP contribution < -0.4 is 4.74 Å². The van der Waals surface area contributed by atoms with Gasteiger partial charge in [0.05, 0.1) is 0 Å². The number of hydrogen-bond donors (Lipinski definition) is 2. The lowest BCUT2D eigenvalue weighted by Crippen LogP contribution is -2.18. The first-order chi connectivity index (χ1) is 7.49. The zero-order valence-electron chi connectivity index (χ0n) is 9.38. The number of aliphatic hydroxyl groups excluding tert-OH is 2. The molecule has 0 aliphatic carbocycles. The van der Waals surface area contributed by atoms with Gasteiger partial charge in [-0.05, 0) is 31.5 Å². The number of Topliss-reactive ketones (excluding diaryl/α,β-unsaturated/α-hetero) is 1. The second-order valence-electron chi connectivity index (χ2n) is 3.68. The number of hydrogen-bond acceptors (Lipinski definition) is 4. The fraction of sp³-hybridized carbons (Fsp3) is 0.417. The standard InChI is InChI=1S/C12H16O4/c1-8(13)12(15)7-10-3-5-11(6-4-10)16-9(2)14/h3-6,8-9,13-14H,7H2,1-2H3. The van der Waals surface area contributed by atoms with Crippen LogP contribution in [0.4, 0.5) is 0 Å². The van der Waals surface area contributed by atoms with Crippen molar-refractivity contribution in [3.05, 3.63) is 29.8 Å². The second kappa shape index (κ2) is 5.63. The number of benzene rings is 1. The molecule has 88 valence electrons. The van der Waals surface area contributed by atoms with E-state index in [1.54, 1.807) is 24.3 Å². The third-order valence-corrected chi connectivity index (χ3v) is 2.07. The Kier molecular flexibility index (Phi) is 4.46. The SMILES string of the molecule is CC(O)Oc1ccc(CC(=O)C(C)O)cc1. The summed E-state index contributed by atoms with van der Waals surface area (Å²) in [5.41, 5.74) is 0.809. The second-order valence-corrected chi connectivity index (χ2v) is 3.68. The lowest BCUT2D eigenvalue weighted by molar-refractivity contribution is -0.125. The van der Waals surface area contributed by atoms with Crippen LogP contribution in [0.25, 0.3) is 0 Å². The molecule has 2 atom stereocenters. The molecule has 2 unspecified atom stereocenters. The van der Waals surface area contributed by atoms with Gasteiger partial charge in [0.15, 0.2) is 12.1 Å². The number of carbonyl (C=O) groups is 1. The predicted molar refractivity (Wildman–Crippen MR) is 59.1 cm³/mol. The number of ketones is 1. The van der Waals surface area contributed by atoms with Gasteiger partial charge in [-0.15, -0.1) is 0 Å². The van der Waals surface area contributed by atoms with E-state index in [0.29, 0.717) is 5.75 Å². The molecule has 0 aromatic heterocycles. The molecule has 1 aromatic carbocycles. The van der Waals surface area contributed by atoms with Gasteiger partial charge in [-0.25, -0.2) is 0 Å². The van der Waals surface area contributed by atoms with Crippen LogP contribution in [0.2, 0.25) is 0 Å². The zero-order chi connectivity index (χ0) is 12.1. The van der Waals surface area contributed by atoms with Gasteiger partial charge in [0, 0.05) is 6.42 Å². The average Bonchev–Trinajstić information content (AvgIpc) is 2.20. The van der Waals surface area contributed by atoms with Gasteiger partial charge in [0.1, 0.15) is 11.9 Å². The molecule has 16 heavy (non-hydrogen) atoms. The highest BCUT2D eigenvalue weighted by Crippen LogP contribution is 2.14. The van der Waals surface area contributed by atoms with E-state index in [9.17, 15) is 4.79 Å². The van der Waals surface area contributed by atoms with Crippen molar-refractivity contribution in [2.45, 2.75) is 32.7 Å². The Labute approximate surface area is 94.5 Å². The monoisotopic (exact) mass is 224 g/mol. The first kappa shape index (κ1) is 12.7. The smallest absolute Gasteiger partial charge is 0.194 e. The highest BCUT2D eigenvalue weighted by atomic mass is 16.6. The van der Waals surface area contributed by atoms with E-state index >= 15 is 0 Å². The molecular weight excluding hydrogens is 208 g/mol. The van der Waals surface area contributed by atoms with Crippen molar-refractivity contribution in [3.8, 4) is 5.75 Å². The first-order valence-corrected chi connectivity index (χ1v) is 5.13. The van der Waals surface area contributed by atoms with Gasteiger partial charge in [-0.3, -0.25) is 4.79 Å². The van der Waals surface area contributed by atoms with Crippen LogP contribution in [-0.4, -0.2) is 28.4 Å². The molecule has 0 aliphatic rings. The maximum Gasteiger partial charge on any atom is 0.194 e. The summed E-state index contributed by atoms with van der Waals surface area (Å²) in [4.78, 5) is 11.3. The minimum Gasteiger partial charge on any atom is -0.465 e. The molecular formula is C12H16O4. The lowest BCUT2D eigenvalue weighted by Gasteiger charge is -2.09. The highest BCUT2D eigenvalue weighted by Gasteiger charge is 2.09. The third kappa shape index (κ3) is 4.00. The van der Waals surface area contributed by atoms with Crippen molar-refractivity contribution in [1.29, 1.82) is 0 Å². The van der Waals surface area contributed by atoms with Gasteiger partial charge in [-0.2, -0.15) is 0 Å². The Bertz CT molecular complexity index is 341. The van der Waals surface area contributed by atoms with E-state index in [2.05, 4.69) is 0 Å². The Morgan fingerprint density at radius 3 is 2.25 bits per heavy atom. The van der Waals surface area contributed by atoms with Gasteiger partial charge in [0.25, 0.3) is 0 Å². The van der Waals surface area contributed by atoms with Crippen LogP contribution in [0.5, 0.6) is 5.75 Å². The van der Waals surface area contributed by atoms with Crippen molar-refractivity contribution in [3.63, 3.8) is 0 Å². The van der Waals surface area contributed by atoms with E-state index in [0.717, 1.165) is 5.56 Å². The van der Waals surface area contributed by atoms with Gasteiger partial charge >= 0.3 is 0 Å². The van der Waals surface area contributed by atoms with E-state index in [-0.39, 0.29) is 12.2 Å². The predicted octanol–water partition coefficient (Wildman–Crippen LogP) is 0.896. The maximum atomic E-state index is 11.3. The number of rotatable bonds is 5. The summed E-state index contributed by atoms with van der Waals surface area (Å²) >= 11 is 0. The molecule has 1 rings (SSSR count). The molecule has 0 heterocycles. The van der Waals surface area contributed by atoms with Crippen molar-refractivity contribution < 1.29 is 19.7 Å². The average molecular weight is 224 g/mol. The van der Waals surface area contributed by atoms with Crippen LogP contribution in [0, 0.1) is 0 Å². The van der Waals surface area contributed by atoms with E-state index in [4.69, 9.17) is 14.9 Å². The lowest BCUT2D eigenvalue weighted by atomic mass is 10.1. The molecule has 0 radical (unpaired) electrons. The number of carbonyl (C=O) groups excluding carboxylic acids is 1. The molecule has 0 fully saturated rings. The Morgan fingerprint density at radius 2 is 1.81 bits per heavy atom. The van der Waals surface area contributed by atoms with Crippen molar-refractivity contribution in [2.75, 3.05) is 0 Å². The summed E-state index contributed by atoms with van der Waals surface area (Å²) in [6.07, 6.45) is -1.59. The summed E-state index contributed by atoms with van der Waals surface area (Å²) in [6.45, 7) is 2.97. The normalized spacial score (nSPS) is 14.2. The van der Waals surface area contributed by atoms with Crippen molar-refractivity contribution >= 4 is 5.78 Å². The Hall–Kier alpha value is -1.39. The molecule has 4 nitrogen and oxygen atoms in total. The summed E-state index contributed by atoms with van der Waals surface area (Å²) in [7, 11) is 0. The fourth-order valence-corrected chi connectivity index (χ4v) is 1.23. The molecule has 0 saturated carbocycles. The summed E-state index contributed by atoms with van der Waals surface area (Å²) < 4.78 is 5.04. The van der Waals surface area contributed by atoms with Gasteiger partial charge in [-0.1, -0.05) is 12.1 Å². The topological polar surface area (TPSA) is 66.8 Å². The van der Waals surface area contributed by atoms with Crippen molar-refractivity contribution in [1.82, 2.24) is 0 Å². The Morgan fingerprint density at radius 1 is 1.25 bits per heavy atom. The fourth-order valence-electron chi connectivity index (χ4n) is 1.23. The van der Waals surface area contributed by atoms with Crippen molar-refractivity contribution in [2.24, 2.45) is 0 Å². The summed E-state index contributed by atoms with van der Waals surface area (Å²) in [5.74, 6) is 0.326. The molecule has 4 heteroatoms. The third-order valence-electron chi connectivity index (χ3n) is 2.07. The zero-order valence-corrected chi connectivity index (χ0v) is 9.38. The molecule has 0 aliphatic heterocycles. The van der Waals surface area contributed by atoms with E-state index in [1.165, 1.54) is 13.8 Å². The number of aliphatic hydroxyl groups is 2. The van der Waals surface area contributed by atoms with Gasteiger partial charge in [0.2, 0.25) is 0 Å². The molecule has 1 aromatic rings. The first-order valence-electron chi connectivity index (χ1n) is 5.13. The maximum absolute atomic E-state index is 11.3. The van der Waals surface area contributed by atoms with Crippen LogP contribution in [-0.2, 0) is 11.2 Å². The Balaban J connectivity index is 2.61.